The fraction of sp³-hybridized carbons (Fsp3) is 0.533. The Morgan fingerprint density at radius 1 is 1.47 bits per heavy atom. The van der Waals surface area contributed by atoms with Crippen molar-refractivity contribution in [1.82, 2.24) is 5.32 Å². The van der Waals surface area contributed by atoms with E-state index < -0.39 is 0 Å². The number of hydrogen-bond donors (Lipinski definition) is 3. The quantitative estimate of drug-likeness (QED) is 0.689. The number of rotatable bonds is 6. The van der Waals surface area contributed by atoms with Crippen LogP contribution in [0.2, 0.25) is 0 Å². The van der Waals surface area contributed by atoms with Crippen LogP contribution in [-0.4, -0.2) is 19.0 Å². The van der Waals surface area contributed by atoms with Crippen LogP contribution in [0.15, 0.2) is 18.2 Å². The molecule has 1 fully saturated rings. The first-order valence-electron chi connectivity index (χ1n) is 7.03. The molecular weight excluding hydrogens is 238 g/mol. The van der Waals surface area contributed by atoms with E-state index in [9.17, 15) is 4.79 Å². The second kappa shape index (κ2) is 5.95. The molecule has 0 bridgehead atoms. The van der Waals surface area contributed by atoms with Gasteiger partial charge < -0.3 is 16.4 Å². The minimum atomic E-state index is -0.0518. The van der Waals surface area contributed by atoms with Crippen molar-refractivity contribution in [2.24, 2.45) is 11.8 Å². The maximum absolute atomic E-state index is 12.0. The lowest BCUT2D eigenvalue weighted by Crippen LogP contribution is -2.24. The van der Waals surface area contributed by atoms with Gasteiger partial charge in [-0.15, -0.1) is 0 Å². The summed E-state index contributed by atoms with van der Waals surface area (Å²) in [5.74, 6) is 1.44. The Hall–Kier alpha value is -1.71. The number of nitrogens with two attached hydrogens (primary N) is 1. The molecule has 1 amide bonds. The van der Waals surface area contributed by atoms with Crippen molar-refractivity contribution in [3.8, 4) is 0 Å². The van der Waals surface area contributed by atoms with E-state index >= 15 is 0 Å². The molecule has 0 radical (unpaired) electrons. The smallest absolute Gasteiger partial charge is 0.253 e. The number of carbonyl (C=O) groups excluding carboxylic acids is 1. The van der Waals surface area contributed by atoms with Crippen molar-refractivity contribution in [3.05, 3.63) is 23.8 Å². The molecule has 1 aliphatic rings. The standard InChI is InChI=1S/C15H23N3O/c1-3-17-15(19)13-7-6-12(16)8-14(13)18-9-10(2)11-4-5-11/h6-8,10-11,18H,3-5,9,16H2,1-2H3,(H,17,19). The molecule has 2 rings (SSSR count). The van der Waals surface area contributed by atoms with Crippen molar-refractivity contribution in [2.75, 3.05) is 24.1 Å². The first-order chi connectivity index (χ1) is 9.11. The topological polar surface area (TPSA) is 67.2 Å². The highest BCUT2D eigenvalue weighted by Crippen LogP contribution is 2.36. The number of anilines is 2. The Kier molecular flexibility index (Phi) is 4.30. The van der Waals surface area contributed by atoms with Crippen molar-refractivity contribution in [2.45, 2.75) is 26.7 Å². The fourth-order valence-electron chi connectivity index (χ4n) is 2.26. The molecule has 0 saturated heterocycles. The van der Waals surface area contributed by atoms with Gasteiger partial charge in [0.2, 0.25) is 0 Å². The Balaban J connectivity index is 2.07. The molecule has 0 aliphatic heterocycles. The first-order valence-corrected chi connectivity index (χ1v) is 7.03. The molecule has 0 aromatic heterocycles. The lowest BCUT2D eigenvalue weighted by atomic mass is 10.1. The second-order valence-electron chi connectivity index (χ2n) is 5.36. The predicted octanol–water partition coefficient (Wildman–Crippen LogP) is 2.48. The molecule has 4 heteroatoms. The zero-order valence-electron chi connectivity index (χ0n) is 11.7. The summed E-state index contributed by atoms with van der Waals surface area (Å²) in [7, 11) is 0. The summed E-state index contributed by atoms with van der Waals surface area (Å²) in [6, 6.07) is 5.38. The van der Waals surface area contributed by atoms with E-state index in [1.165, 1.54) is 12.8 Å². The number of carbonyl (C=O) groups is 1. The molecular formula is C15H23N3O. The van der Waals surface area contributed by atoms with Crippen LogP contribution in [0.3, 0.4) is 0 Å². The van der Waals surface area contributed by atoms with Crippen LogP contribution in [0, 0.1) is 11.8 Å². The van der Waals surface area contributed by atoms with Crippen LogP contribution < -0.4 is 16.4 Å². The molecule has 19 heavy (non-hydrogen) atoms. The summed E-state index contributed by atoms with van der Waals surface area (Å²) in [6.07, 6.45) is 2.67. The Morgan fingerprint density at radius 3 is 2.84 bits per heavy atom. The molecule has 104 valence electrons. The average Bonchev–Trinajstić information content (AvgIpc) is 3.20. The normalized spacial score (nSPS) is 15.9. The zero-order valence-corrected chi connectivity index (χ0v) is 11.7. The number of nitrogens with one attached hydrogen (secondary N) is 2. The maximum atomic E-state index is 12.0. The molecule has 4 nitrogen and oxygen atoms in total. The van der Waals surface area contributed by atoms with Crippen molar-refractivity contribution in [1.29, 1.82) is 0 Å². The highest BCUT2D eigenvalue weighted by Gasteiger charge is 2.27. The van der Waals surface area contributed by atoms with Gasteiger partial charge in [0.1, 0.15) is 0 Å². The monoisotopic (exact) mass is 261 g/mol. The summed E-state index contributed by atoms with van der Waals surface area (Å²) in [4.78, 5) is 12.0. The van der Waals surface area contributed by atoms with Gasteiger partial charge in [-0.2, -0.15) is 0 Å². The van der Waals surface area contributed by atoms with Crippen LogP contribution in [0.25, 0.3) is 0 Å². The van der Waals surface area contributed by atoms with E-state index in [-0.39, 0.29) is 5.91 Å². The highest BCUT2D eigenvalue weighted by atomic mass is 16.1. The third kappa shape index (κ3) is 3.63. The van der Waals surface area contributed by atoms with Gasteiger partial charge in [-0.1, -0.05) is 6.92 Å². The van der Waals surface area contributed by atoms with Crippen molar-refractivity contribution >= 4 is 17.3 Å². The SMILES string of the molecule is CCNC(=O)c1ccc(N)cc1NCC(C)C1CC1. The molecule has 1 atom stereocenters. The Morgan fingerprint density at radius 2 is 2.21 bits per heavy atom. The molecule has 1 unspecified atom stereocenters. The van der Waals surface area contributed by atoms with Crippen molar-refractivity contribution in [3.63, 3.8) is 0 Å². The second-order valence-corrected chi connectivity index (χ2v) is 5.36. The van der Waals surface area contributed by atoms with Crippen LogP contribution in [0.1, 0.15) is 37.0 Å². The van der Waals surface area contributed by atoms with Gasteiger partial charge in [-0.3, -0.25) is 4.79 Å². The summed E-state index contributed by atoms with van der Waals surface area (Å²) in [5.41, 5.74) is 7.98. The molecule has 1 aromatic carbocycles. The average molecular weight is 261 g/mol. The molecule has 1 saturated carbocycles. The molecule has 4 N–H and O–H groups in total. The minimum absolute atomic E-state index is 0.0518. The van der Waals surface area contributed by atoms with E-state index in [2.05, 4.69) is 17.6 Å². The molecule has 0 spiro atoms. The maximum Gasteiger partial charge on any atom is 0.253 e. The van der Waals surface area contributed by atoms with Gasteiger partial charge in [0.05, 0.1) is 5.56 Å². The third-order valence-corrected chi connectivity index (χ3v) is 3.67. The summed E-state index contributed by atoms with van der Waals surface area (Å²) in [6.45, 7) is 5.68. The number of hydrogen-bond acceptors (Lipinski definition) is 3. The van der Waals surface area contributed by atoms with Gasteiger partial charge in [0.25, 0.3) is 5.91 Å². The summed E-state index contributed by atoms with van der Waals surface area (Å²) in [5, 5.41) is 6.20. The van der Waals surface area contributed by atoms with Crippen molar-refractivity contribution < 1.29 is 4.79 Å². The third-order valence-electron chi connectivity index (χ3n) is 3.67. The molecule has 0 heterocycles. The largest absolute Gasteiger partial charge is 0.399 e. The lowest BCUT2D eigenvalue weighted by molar-refractivity contribution is 0.0956. The Bertz CT molecular complexity index is 455. The lowest BCUT2D eigenvalue weighted by Gasteiger charge is -2.16. The van der Waals surface area contributed by atoms with Gasteiger partial charge >= 0.3 is 0 Å². The minimum Gasteiger partial charge on any atom is -0.399 e. The number of amides is 1. The van der Waals surface area contributed by atoms with E-state index in [1.54, 1.807) is 12.1 Å². The van der Waals surface area contributed by atoms with Crippen LogP contribution in [-0.2, 0) is 0 Å². The molecule has 1 aromatic rings. The summed E-state index contributed by atoms with van der Waals surface area (Å²) >= 11 is 0. The van der Waals surface area contributed by atoms with Crippen LogP contribution in [0.4, 0.5) is 11.4 Å². The predicted molar refractivity (Wildman–Crippen MR) is 79.2 cm³/mol. The Labute approximate surface area is 114 Å². The molecule has 1 aliphatic carbocycles. The zero-order chi connectivity index (χ0) is 13.8. The first kappa shape index (κ1) is 13.7. The number of benzene rings is 1. The van der Waals surface area contributed by atoms with Gasteiger partial charge in [0.15, 0.2) is 0 Å². The van der Waals surface area contributed by atoms with E-state index in [0.29, 0.717) is 23.7 Å². The van der Waals surface area contributed by atoms with Gasteiger partial charge in [-0.05, 0) is 49.8 Å². The van der Waals surface area contributed by atoms with E-state index in [0.717, 1.165) is 18.2 Å². The summed E-state index contributed by atoms with van der Waals surface area (Å²) < 4.78 is 0. The van der Waals surface area contributed by atoms with E-state index in [1.807, 2.05) is 13.0 Å². The van der Waals surface area contributed by atoms with Crippen LogP contribution >= 0.6 is 0 Å². The van der Waals surface area contributed by atoms with Gasteiger partial charge in [-0.25, -0.2) is 0 Å². The fourth-order valence-corrected chi connectivity index (χ4v) is 2.26. The van der Waals surface area contributed by atoms with Gasteiger partial charge in [0, 0.05) is 24.5 Å². The number of nitrogen functional groups attached to an aromatic ring is 1. The highest BCUT2D eigenvalue weighted by molar-refractivity contribution is 6.00. The van der Waals surface area contributed by atoms with E-state index in [4.69, 9.17) is 5.73 Å². The van der Waals surface area contributed by atoms with Crippen LogP contribution in [0.5, 0.6) is 0 Å².